The fourth-order valence-corrected chi connectivity index (χ4v) is 3.58. The number of nitrogens with zero attached hydrogens (tertiary/aromatic N) is 3. The van der Waals surface area contributed by atoms with Crippen LogP contribution < -0.4 is 4.74 Å². The van der Waals surface area contributed by atoms with Gasteiger partial charge in [0.05, 0.1) is 12.8 Å². The summed E-state index contributed by atoms with van der Waals surface area (Å²) in [5.41, 5.74) is 1.10. The molecule has 0 radical (unpaired) electrons. The zero-order chi connectivity index (χ0) is 18.7. The molecule has 0 bridgehead atoms. The highest BCUT2D eigenvalue weighted by atomic mass is 16.5. The van der Waals surface area contributed by atoms with Crippen molar-refractivity contribution in [2.24, 2.45) is 0 Å². The number of benzene rings is 1. The van der Waals surface area contributed by atoms with E-state index < -0.39 is 11.5 Å². The molecule has 0 amide bonds. The van der Waals surface area contributed by atoms with E-state index in [-0.39, 0.29) is 5.92 Å². The lowest BCUT2D eigenvalue weighted by Crippen LogP contribution is -2.51. The minimum absolute atomic E-state index is 0.285. The molecule has 1 saturated heterocycles. The van der Waals surface area contributed by atoms with Gasteiger partial charge in [-0.05, 0) is 30.9 Å². The number of likely N-dealkylation sites (tertiary alicyclic amines) is 1. The van der Waals surface area contributed by atoms with E-state index in [0.29, 0.717) is 25.9 Å². The number of carboxylic acids is 1. The van der Waals surface area contributed by atoms with Gasteiger partial charge in [0.25, 0.3) is 0 Å². The summed E-state index contributed by atoms with van der Waals surface area (Å²) in [7, 11) is 1.68. The number of carboxylic acid groups (broad SMARTS) is 1. The molecule has 1 aliphatic heterocycles. The molecule has 0 unspecified atom stereocenters. The Kier molecular flexibility index (Phi) is 5.32. The Morgan fingerprint density at radius 3 is 2.54 bits per heavy atom. The van der Waals surface area contributed by atoms with E-state index in [9.17, 15) is 9.90 Å². The maximum atomic E-state index is 12.1. The fraction of sp³-hybridized carbons (Fsp3) is 0.500. The Bertz CT molecular complexity index is 761. The van der Waals surface area contributed by atoms with E-state index in [1.54, 1.807) is 11.8 Å². The number of ether oxygens (including phenoxy) is 1. The Morgan fingerprint density at radius 2 is 1.96 bits per heavy atom. The third kappa shape index (κ3) is 3.46. The van der Waals surface area contributed by atoms with Gasteiger partial charge in [0.1, 0.15) is 5.75 Å². The zero-order valence-corrected chi connectivity index (χ0v) is 15.7. The van der Waals surface area contributed by atoms with Gasteiger partial charge >= 0.3 is 5.97 Å². The molecule has 2 aromatic rings. The molecule has 1 aliphatic rings. The first kappa shape index (κ1) is 18.5. The highest BCUT2D eigenvalue weighted by molar-refractivity contribution is 5.76. The van der Waals surface area contributed by atoms with E-state index in [1.165, 1.54) is 0 Å². The van der Waals surface area contributed by atoms with E-state index >= 15 is 0 Å². The minimum atomic E-state index is -0.954. The number of aromatic nitrogens is 2. The topological polar surface area (TPSA) is 67.6 Å². The molecule has 0 saturated carbocycles. The van der Waals surface area contributed by atoms with Crippen molar-refractivity contribution in [1.82, 2.24) is 14.7 Å². The summed E-state index contributed by atoms with van der Waals surface area (Å²) in [5, 5.41) is 14.5. The Hall–Kier alpha value is -2.34. The molecule has 1 fully saturated rings. The van der Waals surface area contributed by atoms with Crippen molar-refractivity contribution < 1.29 is 14.6 Å². The largest absolute Gasteiger partial charge is 0.496 e. The minimum Gasteiger partial charge on any atom is -0.496 e. The third-order valence-electron chi connectivity index (χ3n) is 5.31. The number of aliphatic carboxylic acids is 1. The second-order valence-corrected chi connectivity index (χ2v) is 7.26. The van der Waals surface area contributed by atoms with Gasteiger partial charge in [0.2, 0.25) is 0 Å². The van der Waals surface area contributed by atoms with Crippen molar-refractivity contribution in [1.29, 1.82) is 0 Å². The molecule has 0 atom stereocenters. The molecule has 140 valence electrons. The molecule has 3 rings (SSSR count). The van der Waals surface area contributed by atoms with Crippen LogP contribution in [-0.4, -0.2) is 46.0 Å². The summed E-state index contributed by atoms with van der Waals surface area (Å²) in [6.07, 6.45) is 2.90. The lowest BCUT2D eigenvalue weighted by Gasteiger charge is -2.39. The summed E-state index contributed by atoms with van der Waals surface area (Å²) in [6, 6.07) is 9.90. The number of rotatable bonds is 6. The van der Waals surface area contributed by atoms with E-state index in [4.69, 9.17) is 4.74 Å². The van der Waals surface area contributed by atoms with Crippen LogP contribution in [0.25, 0.3) is 0 Å². The molecule has 1 aromatic heterocycles. The van der Waals surface area contributed by atoms with Gasteiger partial charge in [0, 0.05) is 31.4 Å². The van der Waals surface area contributed by atoms with Crippen LogP contribution in [0, 0.1) is 0 Å². The van der Waals surface area contributed by atoms with Crippen LogP contribution in [0.2, 0.25) is 0 Å². The van der Waals surface area contributed by atoms with Gasteiger partial charge in [-0.3, -0.25) is 9.58 Å². The molecule has 6 heteroatoms. The second-order valence-electron chi connectivity index (χ2n) is 7.26. The summed E-state index contributed by atoms with van der Waals surface area (Å²) < 4.78 is 7.10. The fourth-order valence-electron chi connectivity index (χ4n) is 3.58. The van der Waals surface area contributed by atoms with Gasteiger partial charge in [-0.1, -0.05) is 32.0 Å². The number of hydrogen-bond acceptors (Lipinski definition) is 4. The maximum Gasteiger partial charge on any atom is 0.331 e. The van der Waals surface area contributed by atoms with Crippen LogP contribution in [-0.2, 0) is 16.9 Å². The average molecular weight is 357 g/mol. The van der Waals surface area contributed by atoms with Gasteiger partial charge in [0.15, 0.2) is 5.54 Å². The summed E-state index contributed by atoms with van der Waals surface area (Å²) in [5.74, 6) is 0.358. The SMILES string of the molecule is COc1ccccc1CN1CCC(C(=O)O)(n2ccc(C(C)C)n2)CC1. The highest BCUT2D eigenvalue weighted by Crippen LogP contribution is 2.32. The van der Waals surface area contributed by atoms with E-state index in [0.717, 1.165) is 23.6 Å². The standard InChI is InChI=1S/C20H27N3O3/c1-15(2)17-8-11-23(21-17)20(19(24)25)9-12-22(13-10-20)14-16-6-4-5-7-18(16)26-3/h4-8,11,15H,9-10,12-14H2,1-3H3,(H,24,25). The smallest absolute Gasteiger partial charge is 0.331 e. The van der Waals surface area contributed by atoms with Gasteiger partial charge in [-0.25, -0.2) is 4.79 Å². The van der Waals surface area contributed by atoms with Crippen molar-refractivity contribution in [3.63, 3.8) is 0 Å². The van der Waals surface area contributed by atoms with Crippen molar-refractivity contribution in [3.8, 4) is 5.75 Å². The number of methoxy groups -OCH3 is 1. The summed E-state index contributed by atoms with van der Waals surface area (Å²) >= 11 is 0. The number of carbonyl (C=O) groups is 1. The molecule has 0 aliphatic carbocycles. The number of para-hydroxylation sites is 1. The summed E-state index contributed by atoms with van der Waals surface area (Å²) in [6.45, 7) is 6.31. The maximum absolute atomic E-state index is 12.1. The van der Waals surface area contributed by atoms with Crippen LogP contribution in [0.5, 0.6) is 5.75 Å². The predicted octanol–water partition coefficient (Wildman–Crippen LogP) is 3.09. The van der Waals surface area contributed by atoms with Crippen molar-refractivity contribution in [2.45, 2.75) is 44.7 Å². The predicted molar refractivity (Wildman–Crippen MR) is 99.4 cm³/mol. The molecular formula is C20H27N3O3. The molecular weight excluding hydrogens is 330 g/mol. The molecule has 6 nitrogen and oxygen atoms in total. The first-order chi connectivity index (χ1) is 12.5. The van der Waals surface area contributed by atoms with Gasteiger partial charge in [-0.15, -0.1) is 0 Å². The Labute approximate surface area is 154 Å². The van der Waals surface area contributed by atoms with Gasteiger partial charge < -0.3 is 9.84 Å². The molecule has 26 heavy (non-hydrogen) atoms. The zero-order valence-electron chi connectivity index (χ0n) is 15.7. The quantitative estimate of drug-likeness (QED) is 0.860. The monoisotopic (exact) mass is 357 g/mol. The van der Waals surface area contributed by atoms with Crippen molar-refractivity contribution in [2.75, 3.05) is 20.2 Å². The Balaban J connectivity index is 1.74. The molecule has 1 N–H and O–H groups in total. The van der Waals surface area contributed by atoms with Crippen LogP contribution in [0.3, 0.4) is 0 Å². The average Bonchev–Trinajstić information content (AvgIpc) is 3.13. The first-order valence-electron chi connectivity index (χ1n) is 9.10. The van der Waals surface area contributed by atoms with E-state index in [2.05, 4.69) is 29.9 Å². The lowest BCUT2D eigenvalue weighted by atomic mass is 9.87. The number of piperidine rings is 1. The number of hydrogen-bond donors (Lipinski definition) is 1. The molecule has 0 spiro atoms. The van der Waals surface area contributed by atoms with Crippen LogP contribution >= 0.6 is 0 Å². The van der Waals surface area contributed by atoms with Crippen molar-refractivity contribution in [3.05, 3.63) is 47.8 Å². The van der Waals surface area contributed by atoms with Gasteiger partial charge in [-0.2, -0.15) is 5.10 Å². The highest BCUT2D eigenvalue weighted by Gasteiger charge is 2.44. The summed E-state index contributed by atoms with van der Waals surface area (Å²) in [4.78, 5) is 14.4. The normalized spacial score (nSPS) is 17.4. The van der Waals surface area contributed by atoms with E-state index in [1.807, 2.05) is 30.5 Å². The van der Waals surface area contributed by atoms with Crippen LogP contribution in [0.1, 0.15) is 43.9 Å². The van der Waals surface area contributed by atoms with Crippen molar-refractivity contribution >= 4 is 5.97 Å². The molecule has 1 aromatic carbocycles. The third-order valence-corrected chi connectivity index (χ3v) is 5.31. The van der Waals surface area contributed by atoms with Crippen LogP contribution in [0.4, 0.5) is 0 Å². The first-order valence-corrected chi connectivity index (χ1v) is 9.10. The van der Waals surface area contributed by atoms with Crippen LogP contribution in [0.15, 0.2) is 36.5 Å². The second kappa shape index (κ2) is 7.50. The molecule has 2 heterocycles. The lowest BCUT2D eigenvalue weighted by molar-refractivity contribution is -0.151. The Morgan fingerprint density at radius 1 is 1.27 bits per heavy atom.